The number of aromatic amines is 1. The lowest BCUT2D eigenvalue weighted by Crippen LogP contribution is -2.34. The van der Waals surface area contributed by atoms with Crippen LogP contribution < -0.4 is 5.32 Å². The summed E-state index contributed by atoms with van der Waals surface area (Å²) in [6.07, 6.45) is 0.304. The second kappa shape index (κ2) is 6.40. The molecule has 1 fully saturated rings. The lowest BCUT2D eigenvalue weighted by molar-refractivity contribution is -0.129. The number of amides is 2. The number of carbonyl (C=O) groups excluding carboxylic acids is 2. The molecule has 0 unspecified atom stereocenters. The number of nitrogens with zero attached hydrogens (tertiary/aromatic N) is 2. The number of hydrogen-bond donors (Lipinski definition) is 2. The number of likely N-dealkylation sites (tertiary alicyclic amines) is 1. The van der Waals surface area contributed by atoms with Crippen LogP contribution in [0.1, 0.15) is 26.1 Å². The lowest BCUT2D eigenvalue weighted by atomic mass is 10.1. The summed E-state index contributed by atoms with van der Waals surface area (Å²) in [6, 6.07) is 7.75. The van der Waals surface area contributed by atoms with Crippen LogP contribution in [0.2, 0.25) is 0 Å². The van der Waals surface area contributed by atoms with Gasteiger partial charge >= 0.3 is 0 Å². The Morgan fingerprint density at radius 1 is 1.43 bits per heavy atom. The zero-order valence-electron chi connectivity index (χ0n) is 13.5. The minimum atomic E-state index is -0.259. The van der Waals surface area contributed by atoms with Crippen molar-refractivity contribution in [3.05, 3.63) is 30.1 Å². The highest BCUT2D eigenvalue weighted by Crippen LogP contribution is 2.19. The first-order valence-corrected chi connectivity index (χ1v) is 8.02. The molecule has 1 aromatic heterocycles. The number of para-hydroxylation sites is 2. The number of imidazole rings is 1. The van der Waals surface area contributed by atoms with Gasteiger partial charge in [-0.05, 0) is 18.1 Å². The van der Waals surface area contributed by atoms with E-state index < -0.39 is 0 Å². The van der Waals surface area contributed by atoms with Crippen molar-refractivity contribution in [2.45, 2.75) is 26.8 Å². The van der Waals surface area contributed by atoms with Gasteiger partial charge in [-0.15, -0.1) is 0 Å². The van der Waals surface area contributed by atoms with Crippen molar-refractivity contribution in [1.82, 2.24) is 20.2 Å². The minimum absolute atomic E-state index is 0.0718. The molecule has 23 heavy (non-hydrogen) atoms. The van der Waals surface area contributed by atoms with Gasteiger partial charge in [0.25, 0.3) is 0 Å². The minimum Gasteiger partial charge on any atom is -0.349 e. The Morgan fingerprint density at radius 2 is 2.22 bits per heavy atom. The average Bonchev–Trinajstić information content (AvgIpc) is 3.08. The van der Waals surface area contributed by atoms with E-state index in [1.165, 1.54) is 0 Å². The molecule has 1 aromatic carbocycles. The van der Waals surface area contributed by atoms with Gasteiger partial charge in [0.15, 0.2) is 0 Å². The number of nitrogens with one attached hydrogen (secondary N) is 2. The van der Waals surface area contributed by atoms with Gasteiger partial charge < -0.3 is 15.2 Å². The summed E-state index contributed by atoms with van der Waals surface area (Å²) in [7, 11) is 0. The van der Waals surface area contributed by atoms with E-state index in [9.17, 15) is 9.59 Å². The van der Waals surface area contributed by atoms with E-state index in [2.05, 4.69) is 29.1 Å². The lowest BCUT2D eigenvalue weighted by Gasteiger charge is -2.18. The van der Waals surface area contributed by atoms with Gasteiger partial charge in [0, 0.05) is 19.5 Å². The zero-order chi connectivity index (χ0) is 16.4. The molecule has 0 aliphatic carbocycles. The molecule has 6 nitrogen and oxygen atoms in total. The molecule has 3 rings (SSSR count). The van der Waals surface area contributed by atoms with Gasteiger partial charge in [-0.25, -0.2) is 4.98 Å². The SMILES string of the molecule is CC(C)CN1C[C@H](C(=O)NCc2nc3ccccc3[nH]2)CC1=O. The fourth-order valence-electron chi connectivity index (χ4n) is 2.97. The van der Waals surface area contributed by atoms with Gasteiger partial charge in [0.1, 0.15) is 5.82 Å². The number of aromatic nitrogens is 2. The standard InChI is InChI=1S/C17H22N4O2/c1-11(2)9-21-10-12(7-16(21)22)17(23)18-8-15-19-13-5-3-4-6-14(13)20-15/h3-6,11-12H,7-10H2,1-2H3,(H,18,23)(H,19,20)/t12-/m1/s1. The van der Waals surface area contributed by atoms with Gasteiger partial charge in [-0.3, -0.25) is 9.59 Å². The van der Waals surface area contributed by atoms with E-state index in [0.717, 1.165) is 16.9 Å². The Bertz CT molecular complexity index is 689. The number of benzene rings is 1. The van der Waals surface area contributed by atoms with Crippen LogP contribution in [0.15, 0.2) is 24.3 Å². The van der Waals surface area contributed by atoms with E-state index in [4.69, 9.17) is 0 Å². The largest absolute Gasteiger partial charge is 0.349 e. The fourth-order valence-corrected chi connectivity index (χ4v) is 2.97. The quantitative estimate of drug-likeness (QED) is 0.881. The van der Waals surface area contributed by atoms with Crippen LogP contribution in [0.5, 0.6) is 0 Å². The summed E-state index contributed by atoms with van der Waals surface area (Å²) in [4.78, 5) is 33.6. The molecular formula is C17H22N4O2. The van der Waals surface area contributed by atoms with Gasteiger partial charge in [0.05, 0.1) is 23.5 Å². The molecule has 1 atom stereocenters. The Morgan fingerprint density at radius 3 is 2.96 bits per heavy atom. The van der Waals surface area contributed by atoms with Crippen molar-refractivity contribution in [2.24, 2.45) is 11.8 Å². The fraction of sp³-hybridized carbons (Fsp3) is 0.471. The molecule has 0 spiro atoms. The van der Waals surface area contributed by atoms with Crippen molar-refractivity contribution in [3.8, 4) is 0 Å². The first-order chi connectivity index (χ1) is 11.0. The summed E-state index contributed by atoms with van der Waals surface area (Å²) in [5.74, 6) is 0.873. The predicted octanol–water partition coefficient (Wildman–Crippen LogP) is 1.68. The molecule has 2 heterocycles. The van der Waals surface area contributed by atoms with Crippen LogP contribution in [0.25, 0.3) is 11.0 Å². The van der Waals surface area contributed by atoms with E-state index >= 15 is 0 Å². The summed E-state index contributed by atoms with van der Waals surface area (Å²) >= 11 is 0. The van der Waals surface area contributed by atoms with Crippen molar-refractivity contribution in [2.75, 3.05) is 13.1 Å². The number of hydrogen-bond acceptors (Lipinski definition) is 3. The maximum Gasteiger partial charge on any atom is 0.225 e. The van der Waals surface area contributed by atoms with Crippen LogP contribution in [0, 0.1) is 11.8 Å². The molecule has 2 N–H and O–H groups in total. The third-order valence-corrected chi connectivity index (χ3v) is 4.04. The van der Waals surface area contributed by atoms with Crippen LogP contribution in [-0.4, -0.2) is 39.8 Å². The van der Waals surface area contributed by atoms with Crippen molar-refractivity contribution >= 4 is 22.8 Å². The highest BCUT2D eigenvalue weighted by Gasteiger charge is 2.34. The zero-order valence-corrected chi connectivity index (χ0v) is 13.5. The molecule has 0 saturated carbocycles. The topological polar surface area (TPSA) is 78.1 Å². The normalized spacial score (nSPS) is 18.1. The summed E-state index contributed by atoms with van der Waals surface area (Å²) in [5.41, 5.74) is 1.84. The van der Waals surface area contributed by atoms with Crippen LogP contribution in [-0.2, 0) is 16.1 Å². The Kier molecular flexibility index (Phi) is 4.32. The maximum atomic E-state index is 12.3. The van der Waals surface area contributed by atoms with Gasteiger partial charge in [-0.2, -0.15) is 0 Å². The first kappa shape index (κ1) is 15.5. The van der Waals surface area contributed by atoms with Gasteiger partial charge in [0.2, 0.25) is 11.8 Å². The molecule has 1 aliphatic rings. The third kappa shape index (κ3) is 3.52. The van der Waals surface area contributed by atoms with E-state index in [-0.39, 0.29) is 17.7 Å². The van der Waals surface area contributed by atoms with Crippen molar-refractivity contribution in [3.63, 3.8) is 0 Å². The monoisotopic (exact) mass is 314 g/mol. The second-order valence-electron chi connectivity index (χ2n) is 6.51. The highest BCUT2D eigenvalue weighted by atomic mass is 16.2. The van der Waals surface area contributed by atoms with Crippen molar-refractivity contribution < 1.29 is 9.59 Å². The Balaban J connectivity index is 1.56. The van der Waals surface area contributed by atoms with Crippen molar-refractivity contribution in [1.29, 1.82) is 0 Å². The molecule has 1 saturated heterocycles. The first-order valence-electron chi connectivity index (χ1n) is 8.02. The average molecular weight is 314 g/mol. The maximum absolute atomic E-state index is 12.3. The van der Waals surface area contributed by atoms with E-state index in [1.54, 1.807) is 4.90 Å². The summed E-state index contributed by atoms with van der Waals surface area (Å²) < 4.78 is 0. The van der Waals surface area contributed by atoms with Gasteiger partial charge in [-0.1, -0.05) is 26.0 Å². The number of carbonyl (C=O) groups is 2. The highest BCUT2D eigenvalue weighted by molar-refractivity contribution is 5.89. The van der Waals surface area contributed by atoms with E-state index in [0.29, 0.717) is 32.0 Å². The Labute approximate surface area is 135 Å². The molecule has 0 bridgehead atoms. The molecule has 1 aliphatic heterocycles. The van der Waals surface area contributed by atoms with E-state index in [1.807, 2.05) is 24.3 Å². The Hall–Kier alpha value is -2.37. The van der Waals surface area contributed by atoms with Crippen LogP contribution in [0.3, 0.4) is 0 Å². The molecular weight excluding hydrogens is 292 g/mol. The third-order valence-electron chi connectivity index (χ3n) is 4.04. The number of fused-ring (bicyclic) bond motifs is 1. The summed E-state index contributed by atoms with van der Waals surface area (Å²) in [5, 5.41) is 2.88. The molecule has 2 amide bonds. The predicted molar refractivity (Wildman–Crippen MR) is 87.5 cm³/mol. The smallest absolute Gasteiger partial charge is 0.225 e. The number of H-pyrrole nitrogens is 1. The number of rotatable bonds is 5. The molecule has 6 heteroatoms. The molecule has 122 valence electrons. The molecule has 2 aromatic rings. The molecule has 0 radical (unpaired) electrons. The second-order valence-corrected chi connectivity index (χ2v) is 6.51. The van der Waals surface area contributed by atoms with Crippen LogP contribution in [0.4, 0.5) is 0 Å². The summed E-state index contributed by atoms with van der Waals surface area (Å²) in [6.45, 7) is 5.72. The van der Waals surface area contributed by atoms with Crippen LogP contribution >= 0.6 is 0 Å².